The van der Waals surface area contributed by atoms with E-state index in [1.807, 2.05) is 19.9 Å². The van der Waals surface area contributed by atoms with Crippen molar-refractivity contribution >= 4 is 21.4 Å². The Hall–Kier alpha value is -2.08. The van der Waals surface area contributed by atoms with Gasteiger partial charge >= 0.3 is 0 Å². The summed E-state index contributed by atoms with van der Waals surface area (Å²) >= 11 is 0. The molecule has 112 valence electrons. The smallest absolute Gasteiger partial charge is 0.262 e. The van der Waals surface area contributed by atoms with Crippen LogP contribution >= 0.6 is 0 Å². The highest BCUT2D eigenvalue weighted by atomic mass is 32.2. The molecule has 0 aromatic heterocycles. The molecule has 3 N–H and O–H groups in total. The first-order valence-electron chi connectivity index (χ1n) is 6.47. The van der Waals surface area contributed by atoms with E-state index in [1.54, 1.807) is 18.2 Å². The maximum absolute atomic E-state index is 13.3. The third-order valence-electron chi connectivity index (χ3n) is 3.01. The van der Waals surface area contributed by atoms with Gasteiger partial charge in [0.25, 0.3) is 10.0 Å². The second-order valence-corrected chi connectivity index (χ2v) is 6.79. The van der Waals surface area contributed by atoms with Gasteiger partial charge < -0.3 is 5.73 Å². The molecule has 0 radical (unpaired) electrons. The average Bonchev–Trinajstić information content (AvgIpc) is 2.37. The molecular weight excluding hydrogens is 291 g/mol. The van der Waals surface area contributed by atoms with Crippen LogP contribution in [0, 0.1) is 5.82 Å². The van der Waals surface area contributed by atoms with E-state index in [0.29, 0.717) is 5.69 Å². The van der Waals surface area contributed by atoms with Crippen molar-refractivity contribution in [3.63, 3.8) is 0 Å². The summed E-state index contributed by atoms with van der Waals surface area (Å²) in [4.78, 5) is -0.199. The predicted molar refractivity (Wildman–Crippen MR) is 82.2 cm³/mol. The summed E-state index contributed by atoms with van der Waals surface area (Å²) in [6.45, 7) is 4.03. The van der Waals surface area contributed by atoms with Crippen LogP contribution in [-0.2, 0) is 10.0 Å². The molecule has 0 heterocycles. The topological polar surface area (TPSA) is 72.2 Å². The van der Waals surface area contributed by atoms with Gasteiger partial charge in [-0.2, -0.15) is 0 Å². The fourth-order valence-electron chi connectivity index (χ4n) is 1.91. The largest absolute Gasteiger partial charge is 0.399 e. The molecule has 21 heavy (non-hydrogen) atoms. The second-order valence-electron chi connectivity index (χ2n) is 5.11. The number of benzene rings is 2. The Morgan fingerprint density at radius 3 is 2.48 bits per heavy atom. The lowest BCUT2D eigenvalue weighted by atomic mass is 10.0. The lowest BCUT2D eigenvalue weighted by molar-refractivity contribution is 0.595. The summed E-state index contributed by atoms with van der Waals surface area (Å²) in [5.74, 6) is -0.412. The summed E-state index contributed by atoms with van der Waals surface area (Å²) < 4.78 is 40.2. The van der Waals surface area contributed by atoms with Crippen LogP contribution in [0.4, 0.5) is 15.8 Å². The number of sulfonamides is 1. The van der Waals surface area contributed by atoms with Crippen LogP contribution in [0.15, 0.2) is 47.4 Å². The lowest BCUT2D eigenvalue weighted by Gasteiger charge is -2.11. The minimum absolute atomic E-state index is 0.0614. The van der Waals surface area contributed by atoms with Crippen molar-refractivity contribution in [2.45, 2.75) is 24.7 Å². The SMILES string of the molecule is CC(C)c1cccc(NS(=O)(=O)c2cc(N)cc(F)c2)c1. The molecule has 0 spiro atoms. The van der Waals surface area contributed by atoms with E-state index in [2.05, 4.69) is 4.72 Å². The maximum atomic E-state index is 13.3. The molecule has 0 saturated heterocycles. The standard InChI is InChI=1S/C15H17FN2O2S/c1-10(2)11-4-3-5-14(6-11)18-21(19,20)15-8-12(16)7-13(17)9-15/h3-10,18H,17H2,1-2H3. The van der Waals surface area contributed by atoms with E-state index >= 15 is 0 Å². The summed E-state index contributed by atoms with van der Waals surface area (Å²) in [5.41, 5.74) is 6.99. The summed E-state index contributed by atoms with van der Waals surface area (Å²) in [6.07, 6.45) is 0. The molecule has 0 aliphatic rings. The molecule has 0 aliphatic heterocycles. The number of hydrogen-bond acceptors (Lipinski definition) is 3. The molecule has 2 aromatic rings. The normalized spacial score (nSPS) is 11.6. The van der Waals surface area contributed by atoms with E-state index in [-0.39, 0.29) is 16.5 Å². The lowest BCUT2D eigenvalue weighted by Crippen LogP contribution is -2.13. The van der Waals surface area contributed by atoms with E-state index < -0.39 is 15.8 Å². The van der Waals surface area contributed by atoms with Gasteiger partial charge in [-0.3, -0.25) is 4.72 Å². The summed E-state index contributed by atoms with van der Waals surface area (Å²) in [6, 6.07) is 10.3. The Labute approximate surface area is 123 Å². The first-order valence-corrected chi connectivity index (χ1v) is 7.95. The molecule has 0 aliphatic carbocycles. The van der Waals surface area contributed by atoms with Gasteiger partial charge in [-0.25, -0.2) is 12.8 Å². The van der Waals surface area contributed by atoms with E-state index in [1.165, 1.54) is 6.07 Å². The van der Waals surface area contributed by atoms with Gasteiger partial charge in [0, 0.05) is 11.4 Å². The van der Waals surface area contributed by atoms with E-state index in [9.17, 15) is 12.8 Å². The third-order valence-corrected chi connectivity index (χ3v) is 4.37. The highest BCUT2D eigenvalue weighted by Gasteiger charge is 2.16. The van der Waals surface area contributed by atoms with Crippen LogP contribution < -0.4 is 10.5 Å². The van der Waals surface area contributed by atoms with Crippen molar-refractivity contribution < 1.29 is 12.8 Å². The molecule has 0 saturated carbocycles. The minimum atomic E-state index is -3.87. The Morgan fingerprint density at radius 1 is 1.14 bits per heavy atom. The van der Waals surface area contributed by atoms with Crippen molar-refractivity contribution in [3.8, 4) is 0 Å². The molecule has 0 atom stereocenters. The zero-order chi connectivity index (χ0) is 15.6. The number of nitrogens with two attached hydrogens (primary N) is 1. The van der Waals surface area contributed by atoms with Gasteiger partial charge in [0.05, 0.1) is 4.90 Å². The minimum Gasteiger partial charge on any atom is -0.399 e. The molecule has 6 heteroatoms. The average molecular weight is 308 g/mol. The first kappa shape index (κ1) is 15.3. The maximum Gasteiger partial charge on any atom is 0.262 e. The Balaban J connectivity index is 2.35. The van der Waals surface area contributed by atoms with Crippen LogP contribution in [0.5, 0.6) is 0 Å². The second kappa shape index (κ2) is 5.73. The van der Waals surface area contributed by atoms with Crippen molar-refractivity contribution in [2.75, 3.05) is 10.5 Å². The van der Waals surface area contributed by atoms with Gasteiger partial charge in [0.15, 0.2) is 0 Å². The monoisotopic (exact) mass is 308 g/mol. The molecule has 0 bridgehead atoms. The predicted octanol–water partition coefficient (Wildman–Crippen LogP) is 3.33. The molecule has 2 rings (SSSR count). The zero-order valence-corrected chi connectivity index (χ0v) is 12.6. The first-order chi connectivity index (χ1) is 9.78. The van der Waals surface area contributed by atoms with Crippen LogP contribution in [0.1, 0.15) is 25.3 Å². The highest BCUT2D eigenvalue weighted by Crippen LogP contribution is 2.22. The van der Waals surface area contributed by atoms with Gasteiger partial charge in [-0.05, 0) is 41.8 Å². The van der Waals surface area contributed by atoms with Gasteiger partial charge in [0.1, 0.15) is 5.82 Å². The summed E-state index contributed by atoms with van der Waals surface area (Å²) in [5, 5.41) is 0. The molecular formula is C15H17FN2O2S. The van der Waals surface area contributed by atoms with Crippen molar-refractivity contribution in [3.05, 3.63) is 53.8 Å². The van der Waals surface area contributed by atoms with Gasteiger partial charge in [0.2, 0.25) is 0 Å². The van der Waals surface area contributed by atoms with Crippen LogP contribution in [0.2, 0.25) is 0 Å². The number of rotatable bonds is 4. The Kier molecular flexibility index (Phi) is 4.18. The molecule has 0 unspecified atom stereocenters. The van der Waals surface area contributed by atoms with Crippen LogP contribution in [0.3, 0.4) is 0 Å². The van der Waals surface area contributed by atoms with Crippen LogP contribution in [0.25, 0.3) is 0 Å². The fourth-order valence-corrected chi connectivity index (χ4v) is 3.03. The molecule has 0 amide bonds. The Morgan fingerprint density at radius 2 is 1.86 bits per heavy atom. The van der Waals surface area contributed by atoms with Crippen molar-refractivity contribution in [1.82, 2.24) is 0 Å². The zero-order valence-electron chi connectivity index (χ0n) is 11.8. The number of halogens is 1. The van der Waals surface area contributed by atoms with Gasteiger partial charge in [-0.15, -0.1) is 0 Å². The Bertz CT molecular complexity index is 738. The molecule has 0 fully saturated rings. The molecule has 4 nitrogen and oxygen atoms in total. The van der Waals surface area contributed by atoms with Crippen molar-refractivity contribution in [2.24, 2.45) is 0 Å². The number of nitrogen functional groups attached to an aromatic ring is 1. The molecule has 2 aromatic carbocycles. The van der Waals surface area contributed by atoms with Gasteiger partial charge in [-0.1, -0.05) is 26.0 Å². The van der Waals surface area contributed by atoms with Crippen molar-refractivity contribution in [1.29, 1.82) is 0 Å². The van der Waals surface area contributed by atoms with E-state index in [4.69, 9.17) is 5.73 Å². The summed E-state index contributed by atoms with van der Waals surface area (Å²) in [7, 11) is -3.87. The van der Waals surface area contributed by atoms with E-state index in [0.717, 1.165) is 17.7 Å². The quantitative estimate of drug-likeness (QED) is 0.851. The highest BCUT2D eigenvalue weighted by molar-refractivity contribution is 7.92. The number of hydrogen-bond donors (Lipinski definition) is 2. The third kappa shape index (κ3) is 3.72. The number of nitrogens with one attached hydrogen (secondary N) is 1. The van der Waals surface area contributed by atoms with Crippen LogP contribution in [-0.4, -0.2) is 8.42 Å². The number of anilines is 2. The fraction of sp³-hybridized carbons (Fsp3) is 0.200.